The smallest absolute Gasteiger partial charge is 0.252 e. The first-order valence-electron chi connectivity index (χ1n) is 22.3. The lowest BCUT2D eigenvalue weighted by Crippen LogP contribution is -2.61. The highest BCUT2D eigenvalue weighted by Crippen LogP contribution is 2.62. The van der Waals surface area contributed by atoms with Crippen LogP contribution in [0.2, 0.25) is 0 Å². The molecule has 0 aromatic heterocycles. The third-order valence-electron chi connectivity index (χ3n) is 14.0. The third kappa shape index (κ3) is 4.84. The van der Waals surface area contributed by atoms with Gasteiger partial charge in [0.15, 0.2) is 0 Å². The molecule has 1 atom stereocenters. The van der Waals surface area contributed by atoms with E-state index in [-0.39, 0.29) is 12.6 Å². The van der Waals surface area contributed by atoms with Crippen molar-refractivity contribution in [3.05, 3.63) is 247 Å². The summed E-state index contributed by atoms with van der Waals surface area (Å²) in [5, 5.41) is 2.46. The first kappa shape index (κ1) is 35.3. The fraction of sp³-hybridized carbons (Fsp3) is 0.0169. The molecule has 0 N–H and O–H groups in total. The van der Waals surface area contributed by atoms with Crippen molar-refractivity contribution in [1.82, 2.24) is 0 Å². The van der Waals surface area contributed by atoms with Crippen molar-refractivity contribution in [2.24, 2.45) is 0 Å². The molecule has 14 rings (SSSR count). The minimum absolute atomic E-state index is 0.0282. The van der Waals surface area contributed by atoms with Crippen LogP contribution in [-0.4, -0.2) is 6.71 Å². The fourth-order valence-corrected chi connectivity index (χ4v) is 11.6. The molecule has 0 saturated heterocycles. The van der Waals surface area contributed by atoms with Gasteiger partial charge in [-0.15, -0.1) is 0 Å². The van der Waals surface area contributed by atoms with E-state index in [1.54, 1.807) is 0 Å². The summed E-state index contributed by atoms with van der Waals surface area (Å²) in [6.45, 7) is 0.0282. The molecule has 4 aliphatic heterocycles. The lowest BCUT2D eigenvalue weighted by Gasteiger charge is -2.46. The Morgan fingerprint density at radius 3 is 1.36 bits per heavy atom. The zero-order valence-corrected chi connectivity index (χ0v) is 34.9. The topological polar surface area (TPSA) is 13.0 Å². The molecule has 4 nitrogen and oxygen atoms in total. The van der Waals surface area contributed by atoms with Gasteiger partial charge in [-0.25, -0.2) is 0 Å². The molecule has 0 amide bonds. The Kier molecular flexibility index (Phi) is 7.51. The van der Waals surface area contributed by atoms with E-state index < -0.39 is 0 Å². The lowest BCUT2D eigenvalue weighted by atomic mass is 9.33. The summed E-state index contributed by atoms with van der Waals surface area (Å²) >= 11 is 0. The standard InChI is InChI=1S/C59H39BN4/c1-5-19-39(20-6-1)61-49-29-15-13-27-45(49)55-46-36-35-44-43(58(46)63(41-23-9-3-10-24-41)52-32-17-31-51(61)56(52)55)37-38-48-59(44)64(42-25-11-4-12-26-42)54-34-18-33-53-57(54)60(48)47-28-14-16-30-50(47)62(53)40-21-7-2-8-22-40/h1-38,55H. The molecular weight excluding hydrogens is 775 g/mol. The van der Waals surface area contributed by atoms with Crippen molar-refractivity contribution in [2.75, 3.05) is 19.6 Å². The number of benzene rings is 10. The molecule has 4 aliphatic rings. The number of hydrogen-bond acceptors (Lipinski definition) is 4. The quantitative estimate of drug-likeness (QED) is 0.164. The second kappa shape index (κ2) is 13.6. The molecule has 0 fully saturated rings. The van der Waals surface area contributed by atoms with Crippen LogP contribution in [0.3, 0.4) is 0 Å². The molecule has 64 heavy (non-hydrogen) atoms. The number of nitrogens with zero attached hydrogens (tertiary/aromatic N) is 4. The largest absolute Gasteiger partial charge is 0.311 e. The van der Waals surface area contributed by atoms with E-state index in [9.17, 15) is 0 Å². The van der Waals surface area contributed by atoms with Crippen LogP contribution in [0.4, 0.5) is 68.2 Å². The first-order valence-corrected chi connectivity index (χ1v) is 22.3. The van der Waals surface area contributed by atoms with Crippen molar-refractivity contribution in [1.29, 1.82) is 0 Å². The molecule has 10 aromatic rings. The number of fused-ring (bicyclic) bond motifs is 11. The zero-order chi connectivity index (χ0) is 41.9. The summed E-state index contributed by atoms with van der Waals surface area (Å²) in [5.74, 6) is 0.0282. The number of anilines is 12. The third-order valence-corrected chi connectivity index (χ3v) is 14.0. The van der Waals surface area contributed by atoms with E-state index in [0.717, 1.165) is 22.7 Å². The van der Waals surface area contributed by atoms with E-state index >= 15 is 0 Å². The van der Waals surface area contributed by atoms with Crippen molar-refractivity contribution in [3.8, 4) is 0 Å². The van der Waals surface area contributed by atoms with Gasteiger partial charge in [0.2, 0.25) is 0 Å². The van der Waals surface area contributed by atoms with Crippen LogP contribution >= 0.6 is 0 Å². The Morgan fingerprint density at radius 1 is 0.281 bits per heavy atom. The summed E-state index contributed by atoms with van der Waals surface area (Å²) in [4.78, 5) is 10.0. The van der Waals surface area contributed by atoms with E-state index in [0.29, 0.717) is 0 Å². The summed E-state index contributed by atoms with van der Waals surface area (Å²) in [5.41, 5.74) is 22.2. The Balaban J connectivity index is 1.07. The lowest BCUT2D eigenvalue weighted by molar-refractivity contribution is 0.912. The van der Waals surface area contributed by atoms with Gasteiger partial charge in [-0.1, -0.05) is 146 Å². The van der Waals surface area contributed by atoms with Crippen LogP contribution in [0.1, 0.15) is 22.6 Å². The van der Waals surface area contributed by atoms with E-state index in [4.69, 9.17) is 0 Å². The summed E-state index contributed by atoms with van der Waals surface area (Å²) in [7, 11) is 0. The van der Waals surface area contributed by atoms with Crippen LogP contribution in [0.25, 0.3) is 10.8 Å². The zero-order valence-electron chi connectivity index (χ0n) is 34.9. The molecule has 5 heteroatoms. The SMILES string of the molecule is c1ccc(N2c3ccccc3B3c4ccc5c6c(ccc5c4N(c4ccccc4)c4cccc2c43)C2c3ccccc3N(c3ccccc3)c3cccc(c32)N6c2ccccc2)cc1. The maximum Gasteiger partial charge on any atom is 0.252 e. The maximum atomic E-state index is 2.55. The maximum absolute atomic E-state index is 2.55. The molecule has 0 bridgehead atoms. The Labute approximate surface area is 373 Å². The van der Waals surface area contributed by atoms with Crippen molar-refractivity contribution in [3.63, 3.8) is 0 Å². The van der Waals surface area contributed by atoms with E-state index in [1.165, 1.54) is 89.4 Å². The van der Waals surface area contributed by atoms with Gasteiger partial charge in [0.1, 0.15) is 0 Å². The van der Waals surface area contributed by atoms with Crippen LogP contribution in [0.5, 0.6) is 0 Å². The van der Waals surface area contributed by atoms with Gasteiger partial charge >= 0.3 is 0 Å². The molecule has 0 aliphatic carbocycles. The Hall–Kier alpha value is -8.28. The Bertz CT molecular complexity index is 3250. The minimum atomic E-state index is 0.0282. The molecule has 0 radical (unpaired) electrons. The van der Waals surface area contributed by atoms with Crippen LogP contribution < -0.4 is 36.0 Å². The fourth-order valence-electron chi connectivity index (χ4n) is 11.6. The monoisotopic (exact) mass is 814 g/mol. The number of rotatable bonds is 4. The highest BCUT2D eigenvalue weighted by atomic mass is 15.2. The second-order valence-corrected chi connectivity index (χ2v) is 17.2. The van der Waals surface area contributed by atoms with Gasteiger partial charge in [-0.05, 0) is 112 Å². The van der Waals surface area contributed by atoms with Crippen LogP contribution in [0, 0.1) is 0 Å². The van der Waals surface area contributed by atoms with Gasteiger partial charge in [-0.3, -0.25) is 0 Å². The average Bonchev–Trinajstić information content (AvgIpc) is 3.37. The highest BCUT2D eigenvalue weighted by Gasteiger charge is 2.45. The van der Waals surface area contributed by atoms with Gasteiger partial charge in [0, 0.05) is 67.8 Å². The Morgan fingerprint density at radius 2 is 0.719 bits per heavy atom. The molecule has 4 heterocycles. The molecule has 298 valence electrons. The predicted molar refractivity (Wildman–Crippen MR) is 268 cm³/mol. The number of hydrogen-bond donors (Lipinski definition) is 0. The van der Waals surface area contributed by atoms with E-state index in [1.807, 2.05) is 0 Å². The first-order chi connectivity index (χ1) is 31.8. The highest BCUT2D eigenvalue weighted by molar-refractivity contribution is 7.00. The molecule has 10 aromatic carbocycles. The van der Waals surface area contributed by atoms with Gasteiger partial charge in [0.05, 0.1) is 22.7 Å². The minimum Gasteiger partial charge on any atom is -0.311 e. The molecule has 0 spiro atoms. The van der Waals surface area contributed by atoms with Gasteiger partial charge < -0.3 is 19.6 Å². The number of para-hydroxylation sites is 6. The van der Waals surface area contributed by atoms with Crippen LogP contribution in [-0.2, 0) is 0 Å². The second-order valence-electron chi connectivity index (χ2n) is 17.2. The molecule has 0 saturated carbocycles. The van der Waals surface area contributed by atoms with Crippen molar-refractivity contribution >= 4 is 102 Å². The summed E-state index contributed by atoms with van der Waals surface area (Å²) in [6.07, 6.45) is 0. The normalized spacial score (nSPS) is 14.9. The van der Waals surface area contributed by atoms with E-state index in [2.05, 4.69) is 250 Å². The predicted octanol–water partition coefficient (Wildman–Crippen LogP) is 13.7. The van der Waals surface area contributed by atoms with Crippen molar-refractivity contribution < 1.29 is 0 Å². The van der Waals surface area contributed by atoms with Crippen molar-refractivity contribution in [2.45, 2.75) is 5.92 Å². The van der Waals surface area contributed by atoms with Gasteiger partial charge in [-0.2, -0.15) is 0 Å². The average molecular weight is 815 g/mol. The molecular formula is C59H39BN4. The summed E-state index contributed by atoms with van der Waals surface area (Å²) in [6, 6.07) is 85.2. The van der Waals surface area contributed by atoms with Gasteiger partial charge in [0.25, 0.3) is 6.71 Å². The summed E-state index contributed by atoms with van der Waals surface area (Å²) < 4.78 is 0. The van der Waals surface area contributed by atoms with Crippen LogP contribution in [0.15, 0.2) is 231 Å². The molecule has 1 unspecified atom stereocenters.